The van der Waals surface area contributed by atoms with Crippen molar-refractivity contribution in [2.45, 2.75) is 0 Å². The first kappa shape index (κ1) is 12.7. The number of nitrogens with zero attached hydrogens (tertiary/aromatic N) is 2. The molecular weight excluding hydrogens is 204 g/mol. The molecule has 0 spiro atoms. The van der Waals surface area contributed by atoms with Gasteiger partial charge >= 0.3 is 0 Å². The molecule has 0 aliphatic rings. The minimum Gasteiger partial charge on any atom is -0.309 e. The van der Waals surface area contributed by atoms with Gasteiger partial charge in [0, 0.05) is 18.8 Å². The minimum absolute atomic E-state index is 0.381. The molecule has 1 radical (unpaired) electrons. The topological polar surface area (TPSA) is 43.5 Å². The fourth-order valence-electron chi connectivity index (χ4n) is 1.38. The highest BCUT2D eigenvalue weighted by Gasteiger charge is 2.14. The van der Waals surface area contributed by atoms with Crippen LogP contribution in [0, 0.1) is 0 Å². The van der Waals surface area contributed by atoms with Gasteiger partial charge in [0.1, 0.15) is 0 Å². The molecule has 0 saturated heterocycles. The summed E-state index contributed by atoms with van der Waals surface area (Å²) in [7, 11) is 3.87. The van der Waals surface area contributed by atoms with Crippen LogP contribution in [0.1, 0.15) is 0 Å². The van der Waals surface area contributed by atoms with Crippen molar-refractivity contribution in [2.75, 3.05) is 38.7 Å². The van der Waals surface area contributed by atoms with E-state index in [4.69, 9.17) is 0 Å². The molecule has 0 aromatic heterocycles. The molecule has 0 heterocycles. The molecule has 0 N–H and O–H groups in total. The highest BCUT2D eigenvalue weighted by molar-refractivity contribution is 5.94. The van der Waals surface area contributed by atoms with Crippen molar-refractivity contribution in [3.05, 3.63) is 30.3 Å². The van der Waals surface area contributed by atoms with Crippen LogP contribution in [0.5, 0.6) is 0 Å². The Bertz CT molecular complexity index is 325. The fraction of sp³-hybridized carbons (Fsp3) is 0.417. The van der Waals surface area contributed by atoms with E-state index >= 15 is 0 Å². The zero-order chi connectivity index (χ0) is 12.0. The summed E-state index contributed by atoms with van der Waals surface area (Å²) in [6.45, 7) is 0.570. The molecule has 0 unspecified atom stereocenters. The zero-order valence-corrected chi connectivity index (χ0v) is 9.72. The number of benzene rings is 1. The van der Waals surface area contributed by atoms with Gasteiger partial charge in [-0.05, 0) is 26.2 Å². The Morgan fingerprint density at radius 3 is 2.25 bits per heavy atom. The standard InChI is InChI=1S/C12H17N2O2/c1-13(2)8-9-14(12(16)10-15)11-6-4-3-5-7-11/h3-7H,8-10H2,1-2H3. The van der Waals surface area contributed by atoms with Crippen molar-refractivity contribution in [1.29, 1.82) is 0 Å². The molecule has 0 fully saturated rings. The maximum Gasteiger partial charge on any atom is 0.256 e. The number of carbonyl (C=O) groups is 1. The molecule has 1 rings (SSSR count). The number of carbonyl (C=O) groups excluding carboxylic acids is 1. The smallest absolute Gasteiger partial charge is 0.256 e. The van der Waals surface area contributed by atoms with Gasteiger partial charge in [-0.3, -0.25) is 4.79 Å². The first-order valence-corrected chi connectivity index (χ1v) is 5.23. The van der Waals surface area contributed by atoms with Gasteiger partial charge in [-0.1, -0.05) is 18.2 Å². The third kappa shape index (κ3) is 3.64. The van der Waals surface area contributed by atoms with Gasteiger partial charge in [0.15, 0.2) is 6.61 Å². The Labute approximate surface area is 96.1 Å². The number of hydrogen-bond donors (Lipinski definition) is 0. The molecule has 0 saturated carbocycles. The van der Waals surface area contributed by atoms with Crippen molar-refractivity contribution < 1.29 is 9.90 Å². The number of likely N-dealkylation sites (N-methyl/N-ethyl adjacent to an activating group) is 1. The third-order valence-electron chi connectivity index (χ3n) is 2.26. The quantitative estimate of drug-likeness (QED) is 0.744. The highest BCUT2D eigenvalue weighted by Crippen LogP contribution is 2.12. The maximum atomic E-state index is 11.5. The van der Waals surface area contributed by atoms with Crippen LogP contribution in [0.2, 0.25) is 0 Å². The van der Waals surface area contributed by atoms with Crippen molar-refractivity contribution in [2.24, 2.45) is 0 Å². The van der Waals surface area contributed by atoms with Gasteiger partial charge in [0.25, 0.3) is 5.91 Å². The molecule has 4 nitrogen and oxygen atoms in total. The lowest BCUT2D eigenvalue weighted by molar-refractivity contribution is -0.123. The van der Waals surface area contributed by atoms with Crippen LogP contribution in [-0.2, 0) is 9.90 Å². The average Bonchev–Trinajstić information content (AvgIpc) is 2.30. The monoisotopic (exact) mass is 221 g/mol. The van der Waals surface area contributed by atoms with Crippen LogP contribution in [0.3, 0.4) is 0 Å². The van der Waals surface area contributed by atoms with E-state index < -0.39 is 6.61 Å². The number of para-hydroxylation sites is 1. The predicted octanol–water partition coefficient (Wildman–Crippen LogP) is 1.01. The molecule has 1 aromatic rings. The predicted molar refractivity (Wildman–Crippen MR) is 62.9 cm³/mol. The molecule has 0 atom stereocenters. The second kappa shape index (κ2) is 6.25. The summed E-state index contributed by atoms with van der Waals surface area (Å²) in [4.78, 5) is 15.0. The SMILES string of the molecule is CN(C)CCN(C(=O)C[O])c1ccccc1. The number of anilines is 1. The summed E-state index contributed by atoms with van der Waals surface area (Å²) in [5.74, 6) is -0.381. The summed E-state index contributed by atoms with van der Waals surface area (Å²) < 4.78 is 0. The van der Waals surface area contributed by atoms with Crippen LogP contribution >= 0.6 is 0 Å². The highest BCUT2D eigenvalue weighted by atomic mass is 16.3. The largest absolute Gasteiger partial charge is 0.309 e. The summed E-state index contributed by atoms with van der Waals surface area (Å²) in [5.41, 5.74) is 0.783. The first-order chi connectivity index (χ1) is 7.65. The molecule has 0 bridgehead atoms. The lowest BCUT2D eigenvalue weighted by Gasteiger charge is -2.23. The normalized spacial score (nSPS) is 10.5. The molecule has 1 amide bonds. The lowest BCUT2D eigenvalue weighted by atomic mass is 10.3. The molecule has 1 aromatic carbocycles. The minimum atomic E-state index is -0.706. The Hall–Kier alpha value is -1.39. The van der Waals surface area contributed by atoms with Crippen LogP contribution in [0.15, 0.2) is 30.3 Å². The van der Waals surface area contributed by atoms with E-state index in [1.807, 2.05) is 49.3 Å². The molecule has 0 aliphatic heterocycles. The van der Waals surface area contributed by atoms with E-state index in [1.54, 1.807) is 0 Å². The fourth-order valence-corrected chi connectivity index (χ4v) is 1.38. The summed E-state index contributed by atoms with van der Waals surface area (Å²) in [5, 5.41) is 10.7. The summed E-state index contributed by atoms with van der Waals surface area (Å²) in [6, 6.07) is 9.27. The van der Waals surface area contributed by atoms with Gasteiger partial charge in [-0.2, -0.15) is 0 Å². The van der Waals surface area contributed by atoms with Crippen LogP contribution in [-0.4, -0.2) is 44.6 Å². The van der Waals surface area contributed by atoms with Crippen LogP contribution in [0.4, 0.5) is 5.69 Å². The number of rotatable bonds is 5. The van der Waals surface area contributed by atoms with E-state index in [2.05, 4.69) is 0 Å². The van der Waals surface area contributed by atoms with Crippen molar-refractivity contribution in [3.8, 4) is 0 Å². The van der Waals surface area contributed by atoms with Crippen LogP contribution < -0.4 is 4.90 Å². The van der Waals surface area contributed by atoms with Gasteiger partial charge in [-0.25, -0.2) is 5.11 Å². The van der Waals surface area contributed by atoms with Crippen molar-refractivity contribution in [1.82, 2.24) is 4.90 Å². The van der Waals surface area contributed by atoms with Crippen LogP contribution in [0.25, 0.3) is 0 Å². The average molecular weight is 221 g/mol. The third-order valence-corrected chi connectivity index (χ3v) is 2.26. The maximum absolute atomic E-state index is 11.5. The van der Waals surface area contributed by atoms with E-state index in [0.717, 1.165) is 12.2 Å². The van der Waals surface area contributed by atoms with E-state index in [1.165, 1.54) is 4.90 Å². The van der Waals surface area contributed by atoms with Crippen molar-refractivity contribution >= 4 is 11.6 Å². The van der Waals surface area contributed by atoms with E-state index in [0.29, 0.717) is 6.54 Å². The van der Waals surface area contributed by atoms with Gasteiger partial charge < -0.3 is 9.80 Å². The number of amides is 1. The second-order valence-corrected chi connectivity index (χ2v) is 3.83. The summed E-state index contributed by atoms with van der Waals surface area (Å²) in [6.07, 6.45) is 0. The Balaban J connectivity index is 2.76. The Morgan fingerprint density at radius 1 is 1.12 bits per heavy atom. The second-order valence-electron chi connectivity index (χ2n) is 3.83. The Morgan fingerprint density at radius 2 is 1.75 bits per heavy atom. The van der Waals surface area contributed by atoms with E-state index in [9.17, 15) is 9.90 Å². The summed E-state index contributed by atoms with van der Waals surface area (Å²) >= 11 is 0. The van der Waals surface area contributed by atoms with Crippen molar-refractivity contribution in [3.63, 3.8) is 0 Å². The molecule has 16 heavy (non-hydrogen) atoms. The Kier molecular flexibility index (Phi) is 4.95. The first-order valence-electron chi connectivity index (χ1n) is 5.23. The van der Waals surface area contributed by atoms with Gasteiger partial charge in [-0.15, -0.1) is 0 Å². The molecule has 87 valence electrons. The van der Waals surface area contributed by atoms with E-state index in [-0.39, 0.29) is 5.91 Å². The molecule has 0 aliphatic carbocycles. The molecular formula is C12H17N2O2. The van der Waals surface area contributed by atoms with Gasteiger partial charge in [0.05, 0.1) is 0 Å². The zero-order valence-electron chi connectivity index (χ0n) is 9.72. The lowest BCUT2D eigenvalue weighted by Crippen LogP contribution is -2.38. The number of hydrogen-bond acceptors (Lipinski definition) is 2. The van der Waals surface area contributed by atoms with Gasteiger partial charge in [0.2, 0.25) is 0 Å². The molecule has 4 heteroatoms.